The molecule has 0 aromatic heterocycles. The second kappa shape index (κ2) is 3.25. The molecular weight excluding hydrogens is 150 g/mol. The van der Waals surface area contributed by atoms with Crippen molar-refractivity contribution in [1.29, 1.82) is 0 Å². The summed E-state index contributed by atoms with van der Waals surface area (Å²) in [7, 11) is 0. The number of hydroxylamine groups is 2. The lowest BCUT2D eigenvalue weighted by Gasteiger charge is -2.17. The Morgan fingerprint density at radius 1 is 1.25 bits per heavy atom. The van der Waals surface area contributed by atoms with Crippen molar-refractivity contribution in [3.05, 3.63) is 35.9 Å². The van der Waals surface area contributed by atoms with E-state index in [1.807, 2.05) is 18.2 Å². The van der Waals surface area contributed by atoms with E-state index in [0.717, 1.165) is 19.4 Å². The molecule has 1 atom stereocenters. The first kappa shape index (κ1) is 7.77. The predicted molar refractivity (Wildman–Crippen MR) is 46.9 cm³/mol. The van der Waals surface area contributed by atoms with E-state index in [0.29, 0.717) is 0 Å². The summed E-state index contributed by atoms with van der Waals surface area (Å²) in [5.41, 5.74) is 1.22. The van der Waals surface area contributed by atoms with Gasteiger partial charge in [-0.2, -0.15) is 5.06 Å². The highest BCUT2D eigenvalue weighted by atomic mass is 16.5. The van der Waals surface area contributed by atoms with Crippen LogP contribution in [0.2, 0.25) is 0 Å². The lowest BCUT2D eigenvalue weighted by atomic mass is 10.1. The Bertz CT molecular complexity index is 247. The average molecular weight is 163 g/mol. The van der Waals surface area contributed by atoms with Crippen LogP contribution in [0.25, 0.3) is 0 Å². The van der Waals surface area contributed by atoms with Crippen LogP contribution < -0.4 is 0 Å². The van der Waals surface area contributed by atoms with Crippen LogP contribution >= 0.6 is 0 Å². The van der Waals surface area contributed by atoms with Gasteiger partial charge in [0.25, 0.3) is 0 Å². The molecule has 0 radical (unpaired) electrons. The molecule has 1 aromatic carbocycles. The monoisotopic (exact) mass is 163 g/mol. The summed E-state index contributed by atoms with van der Waals surface area (Å²) < 4.78 is 0. The topological polar surface area (TPSA) is 23.5 Å². The van der Waals surface area contributed by atoms with Gasteiger partial charge in [0.2, 0.25) is 0 Å². The van der Waals surface area contributed by atoms with E-state index in [9.17, 15) is 5.21 Å². The van der Waals surface area contributed by atoms with Gasteiger partial charge in [-0.1, -0.05) is 30.3 Å². The molecule has 1 fully saturated rings. The zero-order valence-electron chi connectivity index (χ0n) is 6.98. The summed E-state index contributed by atoms with van der Waals surface area (Å²) in [4.78, 5) is 0. The lowest BCUT2D eigenvalue weighted by molar-refractivity contribution is -0.104. The summed E-state index contributed by atoms with van der Waals surface area (Å²) in [6.45, 7) is 0.805. The maximum atomic E-state index is 9.48. The second-order valence-corrected chi connectivity index (χ2v) is 3.23. The Morgan fingerprint density at radius 3 is 2.58 bits per heavy atom. The molecule has 1 N–H and O–H groups in total. The smallest absolute Gasteiger partial charge is 0.0599 e. The Hall–Kier alpha value is -0.860. The number of rotatable bonds is 1. The zero-order valence-corrected chi connectivity index (χ0v) is 6.98. The van der Waals surface area contributed by atoms with Crippen LogP contribution in [-0.2, 0) is 0 Å². The lowest BCUT2D eigenvalue weighted by Crippen LogP contribution is -2.18. The van der Waals surface area contributed by atoms with Crippen molar-refractivity contribution in [2.45, 2.75) is 18.9 Å². The number of hydrogen-bond donors (Lipinski definition) is 1. The van der Waals surface area contributed by atoms with Crippen LogP contribution in [0.5, 0.6) is 0 Å². The normalized spacial score (nSPS) is 24.6. The molecule has 1 aromatic rings. The Morgan fingerprint density at radius 2 is 2.00 bits per heavy atom. The van der Waals surface area contributed by atoms with Crippen LogP contribution in [0.3, 0.4) is 0 Å². The molecule has 0 spiro atoms. The van der Waals surface area contributed by atoms with Gasteiger partial charge >= 0.3 is 0 Å². The quantitative estimate of drug-likeness (QED) is 0.686. The molecule has 0 bridgehead atoms. The van der Waals surface area contributed by atoms with Gasteiger partial charge in [0.05, 0.1) is 6.04 Å². The fraction of sp³-hybridized carbons (Fsp3) is 0.400. The molecule has 0 aliphatic carbocycles. The summed E-state index contributed by atoms with van der Waals surface area (Å²) in [6.07, 6.45) is 2.16. The SMILES string of the molecule is ON1CCC[C@H]1c1ccccc1. The highest BCUT2D eigenvalue weighted by Crippen LogP contribution is 2.29. The molecule has 2 heteroatoms. The fourth-order valence-electron chi connectivity index (χ4n) is 1.77. The third-order valence-corrected chi connectivity index (χ3v) is 2.41. The van der Waals surface area contributed by atoms with Gasteiger partial charge < -0.3 is 5.21 Å². The molecule has 12 heavy (non-hydrogen) atoms. The van der Waals surface area contributed by atoms with E-state index in [-0.39, 0.29) is 6.04 Å². The van der Waals surface area contributed by atoms with E-state index in [1.54, 1.807) is 0 Å². The molecule has 2 nitrogen and oxygen atoms in total. The summed E-state index contributed by atoms with van der Waals surface area (Å²) >= 11 is 0. The first-order valence-corrected chi connectivity index (χ1v) is 4.38. The first-order chi connectivity index (χ1) is 5.88. The largest absolute Gasteiger partial charge is 0.313 e. The van der Waals surface area contributed by atoms with Crippen molar-refractivity contribution in [3.8, 4) is 0 Å². The highest BCUT2D eigenvalue weighted by molar-refractivity contribution is 5.19. The molecule has 1 saturated heterocycles. The van der Waals surface area contributed by atoms with Gasteiger partial charge in [-0.05, 0) is 18.4 Å². The van der Waals surface area contributed by atoms with Gasteiger partial charge in [0, 0.05) is 6.54 Å². The van der Waals surface area contributed by atoms with Crippen molar-refractivity contribution in [2.24, 2.45) is 0 Å². The number of benzene rings is 1. The van der Waals surface area contributed by atoms with Gasteiger partial charge in [-0.25, -0.2) is 0 Å². The molecule has 0 saturated carbocycles. The van der Waals surface area contributed by atoms with Crippen molar-refractivity contribution in [2.75, 3.05) is 6.54 Å². The molecule has 1 aliphatic rings. The minimum atomic E-state index is 0.228. The van der Waals surface area contributed by atoms with Gasteiger partial charge in [0.1, 0.15) is 0 Å². The maximum Gasteiger partial charge on any atom is 0.0599 e. The van der Waals surface area contributed by atoms with E-state index in [4.69, 9.17) is 0 Å². The molecular formula is C10H13NO. The van der Waals surface area contributed by atoms with Crippen LogP contribution in [0, 0.1) is 0 Å². The summed E-state index contributed by atoms with van der Waals surface area (Å²) in [5.74, 6) is 0. The van der Waals surface area contributed by atoms with E-state index in [1.165, 1.54) is 10.6 Å². The summed E-state index contributed by atoms with van der Waals surface area (Å²) in [6, 6.07) is 10.4. The molecule has 0 amide bonds. The predicted octanol–water partition coefficient (Wildman–Crippen LogP) is 2.21. The van der Waals surface area contributed by atoms with Gasteiger partial charge in [-0.15, -0.1) is 0 Å². The first-order valence-electron chi connectivity index (χ1n) is 4.38. The summed E-state index contributed by atoms with van der Waals surface area (Å²) in [5, 5.41) is 10.9. The molecule has 64 valence electrons. The number of nitrogens with zero attached hydrogens (tertiary/aromatic N) is 1. The van der Waals surface area contributed by atoms with Crippen molar-refractivity contribution in [3.63, 3.8) is 0 Å². The van der Waals surface area contributed by atoms with Crippen molar-refractivity contribution >= 4 is 0 Å². The van der Waals surface area contributed by atoms with E-state index < -0.39 is 0 Å². The molecule has 1 aliphatic heterocycles. The standard InChI is InChI=1S/C10H13NO/c12-11-8-4-7-10(11)9-5-2-1-3-6-9/h1-3,5-6,10,12H,4,7-8H2/t10-/m0/s1. The second-order valence-electron chi connectivity index (χ2n) is 3.23. The maximum absolute atomic E-state index is 9.48. The Kier molecular flexibility index (Phi) is 2.11. The van der Waals surface area contributed by atoms with Crippen LogP contribution in [0.4, 0.5) is 0 Å². The Balaban J connectivity index is 2.19. The molecule has 1 heterocycles. The van der Waals surface area contributed by atoms with Crippen molar-refractivity contribution < 1.29 is 5.21 Å². The third kappa shape index (κ3) is 1.36. The highest BCUT2D eigenvalue weighted by Gasteiger charge is 2.23. The van der Waals surface area contributed by atoms with E-state index >= 15 is 0 Å². The van der Waals surface area contributed by atoms with Crippen LogP contribution in [0.1, 0.15) is 24.4 Å². The minimum absolute atomic E-state index is 0.228. The molecule has 0 unspecified atom stereocenters. The van der Waals surface area contributed by atoms with E-state index in [2.05, 4.69) is 12.1 Å². The van der Waals surface area contributed by atoms with Gasteiger partial charge in [-0.3, -0.25) is 0 Å². The molecule has 2 rings (SSSR count). The third-order valence-electron chi connectivity index (χ3n) is 2.41. The average Bonchev–Trinajstić information content (AvgIpc) is 2.53. The fourth-order valence-corrected chi connectivity index (χ4v) is 1.77. The van der Waals surface area contributed by atoms with Gasteiger partial charge in [0.15, 0.2) is 0 Å². The number of hydrogen-bond acceptors (Lipinski definition) is 2. The minimum Gasteiger partial charge on any atom is -0.313 e. The Labute approximate surface area is 72.4 Å². The van der Waals surface area contributed by atoms with Crippen LogP contribution in [0.15, 0.2) is 30.3 Å². The van der Waals surface area contributed by atoms with Crippen molar-refractivity contribution in [1.82, 2.24) is 5.06 Å². The zero-order chi connectivity index (χ0) is 8.39. The van der Waals surface area contributed by atoms with Crippen LogP contribution in [-0.4, -0.2) is 16.8 Å².